The average Bonchev–Trinajstić information content (AvgIpc) is 2.91. The van der Waals surface area contributed by atoms with Crippen LogP contribution in [0, 0.1) is 0 Å². The minimum Gasteiger partial charge on any atom is -0.286 e. The molecular weight excluding hydrogens is 362 g/mol. The number of hydrazine groups is 1. The molecule has 0 radical (unpaired) electrons. The van der Waals surface area contributed by atoms with Gasteiger partial charge in [0, 0.05) is 6.07 Å². The fraction of sp³-hybridized carbons (Fsp3) is 0.154. The molecule has 0 aromatic carbocycles. The predicted molar refractivity (Wildman–Crippen MR) is 85.7 cm³/mol. The summed E-state index contributed by atoms with van der Waals surface area (Å²) in [6, 6.07) is 6.37. The van der Waals surface area contributed by atoms with E-state index in [2.05, 4.69) is 5.43 Å². The number of amides is 1. The van der Waals surface area contributed by atoms with Crippen LogP contribution >= 0.6 is 22.9 Å². The number of rotatable bonds is 6. The van der Waals surface area contributed by atoms with Crippen molar-refractivity contribution in [2.45, 2.75) is 6.54 Å². The fourth-order valence-corrected chi connectivity index (χ4v) is 2.92. The molecule has 2 N–H and O–H groups in total. The summed E-state index contributed by atoms with van der Waals surface area (Å²) in [7, 11) is -3.54. The first-order valence-electron chi connectivity index (χ1n) is 6.29. The molecule has 0 unspecified atom stereocenters. The van der Waals surface area contributed by atoms with Gasteiger partial charge in [0.15, 0.2) is 12.4 Å². The van der Waals surface area contributed by atoms with E-state index >= 15 is 0 Å². The van der Waals surface area contributed by atoms with Crippen molar-refractivity contribution in [3.8, 4) is 0 Å². The summed E-state index contributed by atoms with van der Waals surface area (Å²) >= 11 is 6.98. The van der Waals surface area contributed by atoms with E-state index in [0.29, 0.717) is 9.21 Å². The maximum Gasteiger partial charge on any atom is 0.272 e. The van der Waals surface area contributed by atoms with Gasteiger partial charge >= 0.3 is 0 Å². The Bertz CT molecular complexity index is 848. The summed E-state index contributed by atoms with van der Waals surface area (Å²) in [4.78, 5) is 26.4. The molecule has 0 atom stereocenters. The number of hydrogen-bond donors (Lipinski definition) is 2. The maximum atomic E-state index is 12.1. The van der Waals surface area contributed by atoms with Gasteiger partial charge in [0.1, 0.15) is 5.56 Å². The smallest absolute Gasteiger partial charge is 0.272 e. The van der Waals surface area contributed by atoms with Crippen molar-refractivity contribution >= 4 is 44.7 Å². The molecule has 23 heavy (non-hydrogen) atoms. The highest BCUT2D eigenvalue weighted by Crippen LogP contribution is 2.21. The van der Waals surface area contributed by atoms with Crippen LogP contribution < -0.4 is 14.8 Å². The SMILES string of the molecule is CS(=O)(=O)NNC(=O)c1ccc[n+](CC(=O)c2ccc(Cl)s2)c1. The molecule has 2 heterocycles. The number of pyridine rings is 1. The predicted octanol–water partition coefficient (Wildman–Crippen LogP) is 0.766. The summed E-state index contributed by atoms with van der Waals surface area (Å²) in [6.45, 7) is 0.0392. The Morgan fingerprint density at radius 2 is 2.04 bits per heavy atom. The molecule has 0 aliphatic rings. The second kappa shape index (κ2) is 7.18. The monoisotopic (exact) mass is 374 g/mol. The lowest BCUT2D eigenvalue weighted by molar-refractivity contribution is -0.683. The number of thiophene rings is 1. The van der Waals surface area contributed by atoms with E-state index in [1.165, 1.54) is 28.2 Å². The lowest BCUT2D eigenvalue weighted by Crippen LogP contribution is -2.43. The zero-order valence-electron chi connectivity index (χ0n) is 11.9. The molecular formula is C13H13ClN3O4S2+. The van der Waals surface area contributed by atoms with Gasteiger partial charge in [-0.15, -0.1) is 16.2 Å². The Hall–Kier alpha value is -1.81. The summed E-state index contributed by atoms with van der Waals surface area (Å²) in [5.41, 5.74) is 2.27. The third-order valence-electron chi connectivity index (χ3n) is 2.64. The average molecular weight is 375 g/mol. The number of halogens is 1. The van der Waals surface area contributed by atoms with E-state index in [1.807, 2.05) is 4.83 Å². The van der Waals surface area contributed by atoms with Crippen LogP contribution in [0.2, 0.25) is 4.34 Å². The van der Waals surface area contributed by atoms with Gasteiger partial charge in [-0.1, -0.05) is 11.6 Å². The van der Waals surface area contributed by atoms with Crippen molar-refractivity contribution in [3.63, 3.8) is 0 Å². The molecule has 0 saturated carbocycles. The molecule has 2 aromatic heterocycles. The molecule has 7 nitrogen and oxygen atoms in total. The van der Waals surface area contributed by atoms with Gasteiger partial charge < -0.3 is 0 Å². The van der Waals surface area contributed by atoms with Crippen molar-refractivity contribution < 1.29 is 22.6 Å². The van der Waals surface area contributed by atoms with Crippen LogP contribution in [0.15, 0.2) is 36.7 Å². The summed E-state index contributed by atoms with van der Waals surface area (Å²) in [6.07, 6.45) is 4.00. The lowest BCUT2D eigenvalue weighted by atomic mass is 10.2. The van der Waals surface area contributed by atoms with E-state index in [-0.39, 0.29) is 17.9 Å². The highest BCUT2D eigenvalue weighted by molar-refractivity contribution is 7.88. The van der Waals surface area contributed by atoms with Crippen LogP contribution in [0.3, 0.4) is 0 Å². The first kappa shape index (κ1) is 17.5. The standard InChI is InChI=1S/C13H12ClN3O4S2/c1-23(20,21)16-15-13(19)9-3-2-6-17(7-9)8-10(18)11-4-5-12(14)22-11/h2-7,16H,8H2,1H3/p+1. The Labute approximate surface area is 141 Å². The lowest BCUT2D eigenvalue weighted by Gasteiger charge is -2.04. The number of carbonyl (C=O) groups is 2. The van der Waals surface area contributed by atoms with Crippen LogP contribution in [0.1, 0.15) is 20.0 Å². The highest BCUT2D eigenvalue weighted by atomic mass is 35.5. The molecule has 0 aliphatic carbocycles. The molecule has 0 bridgehead atoms. The third kappa shape index (κ3) is 5.39. The Morgan fingerprint density at radius 1 is 1.30 bits per heavy atom. The normalized spacial score (nSPS) is 11.2. The van der Waals surface area contributed by atoms with E-state index in [4.69, 9.17) is 11.6 Å². The Kier molecular flexibility index (Phi) is 5.47. The van der Waals surface area contributed by atoms with Gasteiger partial charge in [-0.25, -0.2) is 8.42 Å². The summed E-state index contributed by atoms with van der Waals surface area (Å²) < 4.78 is 24.0. The van der Waals surface area contributed by atoms with E-state index in [0.717, 1.165) is 6.26 Å². The molecule has 0 fully saturated rings. The fourth-order valence-electron chi connectivity index (χ4n) is 1.67. The van der Waals surface area contributed by atoms with Crippen molar-refractivity contribution in [1.82, 2.24) is 10.3 Å². The number of carbonyl (C=O) groups excluding carboxylic acids is 2. The minimum absolute atomic E-state index is 0.0392. The van der Waals surface area contributed by atoms with Crippen LogP contribution in [0.5, 0.6) is 0 Å². The number of sulfonamides is 1. The number of nitrogens with one attached hydrogen (secondary N) is 2. The van der Waals surface area contributed by atoms with Crippen LogP contribution in [-0.4, -0.2) is 26.4 Å². The van der Waals surface area contributed by atoms with Gasteiger partial charge in [0.05, 0.1) is 15.5 Å². The number of aromatic nitrogens is 1. The Morgan fingerprint density at radius 3 is 2.65 bits per heavy atom. The maximum absolute atomic E-state index is 12.1. The number of Topliss-reactive ketones (excluding diaryl/α,β-unsaturated/α-hetero) is 1. The molecule has 2 rings (SSSR count). The zero-order valence-corrected chi connectivity index (χ0v) is 14.3. The second-order valence-corrected chi connectivity index (χ2v) is 8.08. The van der Waals surface area contributed by atoms with Crippen LogP contribution in [0.4, 0.5) is 0 Å². The minimum atomic E-state index is -3.54. The first-order chi connectivity index (χ1) is 10.7. The topological polar surface area (TPSA) is 96.2 Å². The zero-order chi connectivity index (χ0) is 17.0. The molecule has 0 saturated heterocycles. The highest BCUT2D eigenvalue weighted by Gasteiger charge is 2.17. The Balaban J connectivity index is 2.07. The van der Waals surface area contributed by atoms with Crippen molar-refractivity contribution in [3.05, 3.63) is 51.4 Å². The number of nitrogens with zero attached hydrogens (tertiary/aromatic N) is 1. The first-order valence-corrected chi connectivity index (χ1v) is 9.38. The van der Waals surface area contributed by atoms with Gasteiger partial charge in [-0.2, -0.15) is 4.57 Å². The second-order valence-electron chi connectivity index (χ2n) is 4.62. The van der Waals surface area contributed by atoms with E-state index in [1.54, 1.807) is 24.4 Å². The van der Waals surface area contributed by atoms with Crippen molar-refractivity contribution in [1.29, 1.82) is 0 Å². The number of hydrogen-bond acceptors (Lipinski definition) is 5. The van der Waals surface area contributed by atoms with Gasteiger partial charge in [0.2, 0.25) is 22.4 Å². The molecule has 10 heteroatoms. The van der Waals surface area contributed by atoms with Gasteiger partial charge in [-0.3, -0.25) is 15.0 Å². The van der Waals surface area contributed by atoms with E-state index < -0.39 is 15.9 Å². The quantitative estimate of drug-likeness (QED) is 0.443. The molecule has 1 amide bonds. The summed E-state index contributed by atoms with van der Waals surface area (Å²) in [5, 5.41) is 0. The number of ketones is 1. The van der Waals surface area contributed by atoms with Crippen molar-refractivity contribution in [2.24, 2.45) is 0 Å². The van der Waals surface area contributed by atoms with Crippen LogP contribution in [0.25, 0.3) is 0 Å². The molecule has 122 valence electrons. The van der Waals surface area contributed by atoms with Gasteiger partial charge in [0.25, 0.3) is 5.91 Å². The van der Waals surface area contributed by atoms with Crippen molar-refractivity contribution in [2.75, 3.05) is 6.26 Å². The van der Waals surface area contributed by atoms with Gasteiger partial charge in [-0.05, 0) is 18.2 Å². The molecule has 0 spiro atoms. The largest absolute Gasteiger partial charge is 0.286 e. The third-order valence-corrected chi connectivity index (χ3v) is 4.39. The molecule has 0 aliphatic heterocycles. The summed E-state index contributed by atoms with van der Waals surface area (Å²) in [5.74, 6) is -0.768. The van der Waals surface area contributed by atoms with E-state index in [9.17, 15) is 18.0 Å². The molecule has 2 aromatic rings. The van der Waals surface area contributed by atoms with Crippen LogP contribution in [-0.2, 0) is 16.6 Å².